The number of esters is 1. The van der Waals surface area contributed by atoms with Gasteiger partial charge in [0.15, 0.2) is 5.71 Å². The summed E-state index contributed by atoms with van der Waals surface area (Å²) in [4.78, 5) is 30.5. The Morgan fingerprint density at radius 1 is 1.20 bits per heavy atom. The number of aromatic nitrogens is 1. The second-order valence-corrected chi connectivity index (χ2v) is 9.41. The fourth-order valence-corrected chi connectivity index (χ4v) is 3.10. The molecule has 0 bridgehead atoms. The normalized spacial score (nSPS) is 17.3. The highest BCUT2D eigenvalue weighted by atomic mass is 16.6. The molecule has 1 aliphatic rings. The lowest BCUT2D eigenvalue weighted by Gasteiger charge is -2.35. The Morgan fingerprint density at radius 3 is 2.43 bits per heavy atom. The number of anilines is 2. The van der Waals surface area contributed by atoms with Crippen molar-refractivity contribution in [3.8, 4) is 0 Å². The monoisotopic (exact) mass is 419 g/mol. The number of pyridine rings is 1. The van der Waals surface area contributed by atoms with E-state index in [1.165, 1.54) is 6.20 Å². The van der Waals surface area contributed by atoms with E-state index in [0.29, 0.717) is 18.8 Å². The van der Waals surface area contributed by atoms with E-state index in [-0.39, 0.29) is 29.2 Å². The summed E-state index contributed by atoms with van der Waals surface area (Å²) in [5, 5.41) is 11.6. The third-order valence-electron chi connectivity index (χ3n) is 4.27. The third-order valence-corrected chi connectivity index (χ3v) is 4.27. The minimum atomic E-state index is -0.774. The molecule has 0 radical (unpaired) electrons. The first-order chi connectivity index (χ1) is 13.8. The lowest BCUT2D eigenvalue weighted by atomic mass is 10.0. The summed E-state index contributed by atoms with van der Waals surface area (Å²) in [5.41, 5.74) is 5.04. The summed E-state index contributed by atoms with van der Waals surface area (Å²) in [6.45, 7) is 11.8. The van der Waals surface area contributed by atoms with E-state index in [2.05, 4.69) is 10.3 Å². The van der Waals surface area contributed by atoms with Crippen molar-refractivity contribution in [3.05, 3.63) is 17.8 Å². The maximum absolute atomic E-state index is 12.4. The number of ether oxygens (including phenoxy) is 2. The molecule has 0 aromatic carbocycles. The molecule has 1 fully saturated rings. The lowest BCUT2D eigenvalue weighted by Crippen LogP contribution is -2.47. The van der Waals surface area contributed by atoms with Gasteiger partial charge in [-0.05, 0) is 60.5 Å². The summed E-state index contributed by atoms with van der Waals surface area (Å²) in [5.74, 6) is -0.708. The van der Waals surface area contributed by atoms with E-state index in [0.717, 1.165) is 12.8 Å². The molecule has 1 aliphatic heterocycles. The van der Waals surface area contributed by atoms with E-state index in [4.69, 9.17) is 20.6 Å². The molecule has 2 rings (SSSR count). The summed E-state index contributed by atoms with van der Waals surface area (Å²) in [6, 6.07) is 1.58. The van der Waals surface area contributed by atoms with Gasteiger partial charge >= 0.3 is 12.1 Å². The number of nitrogen functional groups attached to an aromatic ring is 1. The van der Waals surface area contributed by atoms with Crippen LogP contribution in [-0.2, 0) is 14.3 Å². The second-order valence-electron chi connectivity index (χ2n) is 9.41. The van der Waals surface area contributed by atoms with Gasteiger partial charge in [0.25, 0.3) is 0 Å². The molecule has 1 aromatic rings. The van der Waals surface area contributed by atoms with Gasteiger partial charge < -0.3 is 25.4 Å². The number of piperidine rings is 1. The van der Waals surface area contributed by atoms with Crippen LogP contribution in [0.3, 0.4) is 0 Å². The Morgan fingerprint density at radius 2 is 1.83 bits per heavy atom. The molecule has 4 N–H and O–H groups in total. The number of amides is 1. The molecule has 1 aromatic heterocycles. The van der Waals surface area contributed by atoms with Crippen molar-refractivity contribution >= 4 is 29.3 Å². The highest BCUT2D eigenvalue weighted by Crippen LogP contribution is 2.25. The highest BCUT2D eigenvalue weighted by Gasteiger charge is 2.30. The molecule has 0 spiro atoms. The number of hydrogen-bond acceptors (Lipinski definition) is 8. The maximum atomic E-state index is 12.4. The third kappa shape index (κ3) is 6.60. The molecule has 0 unspecified atom stereocenters. The van der Waals surface area contributed by atoms with Gasteiger partial charge in [0.1, 0.15) is 17.0 Å². The molecule has 9 heteroatoms. The Balaban J connectivity index is 2.17. The molecule has 1 atom stereocenters. The Bertz CT molecular complexity index is 811. The van der Waals surface area contributed by atoms with Crippen LogP contribution in [0.15, 0.2) is 12.3 Å². The van der Waals surface area contributed by atoms with Crippen molar-refractivity contribution in [1.82, 2.24) is 9.88 Å². The van der Waals surface area contributed by atoms with Gasteiger partial charge in [0.2, 0.25) is 0 Å². The van der Waals surface area contributed by atoms with Gasteiger partial charge in [-0.2, -0.15) is 0 Å². The number of carbonyl (C=O) groups is 2. The smallest absolute Gasteiger partial charge is 0.410 e. The quantitative estimate of drug-likeness (QED) is 0.504. The number of carbonyl (C=O) groups excluding carboxylic acids is 2. The van der Waals surface area contributed by atoms with Crippen molar-refractivity contribution in [2.45, 2.75) is 71.6 Å². The predicted octanol–water partition coefficient (Wildman–Crippen LogP) is 3.18. The SMILES string of the molecule is CC(C)(C)OC(=O)C(=N)c1c(N[C@@H]2CCCN(C(=O)OC(C)(C)C)C2)ccnc1N. The van der Waals surface area contributed by atoms with Crippen molar-refractivity contribution < 1.29 is 19.1 Å². The molecule has 30 heavy (non-hydrogen) atoms. The first kappa shape index (κ1) is 23.4. The number of nitrogens with zero attached hydrogens (tertiary/aromatic N) is 2. The fraction of sp³-hybridized carbons (Fsp3) is 0.619. The van der Waals surface area contributed by atoms with Crippen LogP contribution in [0, 0.1) is 5.41 Å². The minimum absolute atomic E-state index is 0.0654. The Kier molecular flexibility index (Phi) is 6.95. The zero-order chi connectivity index (χ0) is 22.7. The lowest BCUT2D eigenvalue weighted by molar-refractivity contribution is -0.146. The zero-order valence-corrected chi connectivity index (χ0v) is 18.7. The van der Waals surface area contributed by atoms with Crippen molar-refractivity contribution in [1.29, 1.82) is 5.41 Å². The summed E-state index contributed by atoms with van der Waals surface area (Å²) in [6.07, 6.45) is 2.78. The first-order valence-electron chi connectivity index (χ1n) is 10.1. The first-order valence-corrected chi connectivity index (χ1v) is 10.1. The van der Waals surface area contributed by atoms with Crippen LogP contribution >= 0.6 is 0 Å². The van der Waals surface area contributed by atoms with Crippen LogP contribution in [0.2, 0.25) is 0 Å². The summed E-state index contributed by atoms with van der Waals surface area (Å²) in [7, 11) is 0. The van der Waals surface area contributed by atoms with Crippen LogP contribution in [0.5, 0.6) is 0 Å². The molecule has 0 saturated carbocycles. The molecule has 9 nitrogen and oxygen atoms in total. The van der Waals surface area contributed by atoms with E-state index < -0.39 is 17.2 Å². The molecule has 1 amide bonds. The number of nitrogens with one attached hydrogen (secondary N) is 2. The average Bonchev–Trinajstić information content (AvgIpc) is 2.59. The Labute approximate surface area is 177 Å². The van der Waals surface area contributed by atoms with Crippen molar-refractivity contribution in [2.24, 2.45) is 0 Å². The largest absolute Gasteiger partial charge is 0.455 e. The molecule has 0 aliphatic carbocycles. The topological polar surface area (TPSA) is 131 Å². The molecular formula is C21H33N5O4. The van der Waals surface area contributed by atoms with E-state index in [9.17, 15) is 9.59 Å². The number of rotatable bonds is 4. The van der Waals surface area contributed by atoms with E-state index >= 15 is 0 Å². The van der Waals surface area contributed by atoms with Crippen LogP contribution in [0.25, 0.3) is 0 Å². The highest BCUT2D eigenvalue weighted by molar-refractivity contribution is 6.44. The van der Waals surface area contributed by atoms with Crippen LogP contribution in [0.1, 0.15) is 59.9 Å². The summed E-state index contributed by atoms with van der Waals surface area (Å²) >= 11 is 0. The molecule has 1 saturated heterocycles. The number of hydrogen-bond donors (Lipinski definition) is 3. The van der Waals surface area contributed by atoms with E-state index in [1.807, 2.05) is 20.8 Å². The van der Waals surface area contributed by atoms with Gasteiger partial charge in [0.05, 0.1) is 5.56 Å². The van der Waals surface area contributed by atoms with Gasteiger partial charge in [-0.3, -0.25) is 5.41 Å². The molecule has 2 heterocycles. The van der Waals surface area contributed by atoms with Crippen molar-refractivity contribution in [2.75, 3.05) is 24.1 Å². The second kappa shape index (κ2) is 8.89. The average molecular weight is 420 g/mol. The summed E-state index contributed by atoms with van der Waals surface area (Å²) < 4.78 is 10.8. The van der Waals surface area contributed by atoms with Crippen LogP contribution in [-0.4, -0.2) is 58.0 Å². The van der Waals surface area contributed by atoms with Crippen LogP contribution in [0.4, 0.5) is 16.3 Å². The van der Waals surface area contributed by atoms with Gasteiger partial charge in [-0.25, -0.2) is 14.6 Å². The van der Waals surface area contributed by atoms with E-state index in [1.54, 1.807) is 31.7 Å². The number of nitrogens with two attached hydrogens (primary N) is 1. The van der Waals surface area contributed by atoms with Gasteiger partial charge in [0, 0.05) is 31.0 Å². The minimum Gasteiger partial charge on any atom is -0.455 e. The molecule has 166 valence electrons. The fourth-order valence-electron chi connectivity index (χ4n) is 3.10. The number of likely N-dealkylation sites (tertiary alicyclic amines) is 1. The van der Waals surface area contributed by atoms with Gasteiger partial charge in [-0.1, -0.05) is 0 Å². The van der Waals surface area contributed by atoms with Gasteiger partial charge in [-0.15, -0.1) is 0 Å². The van der Waals surface area contributed by atoms with Crippen LogP contribution < -0.4 is 11.1 Å². The van der Waals surface area contributed by atoms with Crippen molar-refractivity contribution in [3.63, 3.8) is 0 Å². The standard InChI is InChI=1S/C21H33N5O4/c1-20(2,3)29-18(27)16(22)15-14(9-10-24-17(15)23)25-13-8-7-11-26(12-13)19(28)30-21(4,5)6/h9-10,13,22H,7-8,11-12H2,1-6H3,(H3,23,24,25)/t13-/m1/s1. The zero-order valence-electron chi connectivity index (χ0n) is 18.7. The predicted molar refractivity (Wildman–Crippen MR) is 116 cm³/mol. The molecular weight excluding hydrogens is 386 g/mol. The Hall–Kier alpha value is -2.84. The maximum Gasteiger partial charge on any atom is 0.410 e.